The van der Waals surface area contributed by atoms with Gasteiger partial charge in [-0.15, -0.1) is 0 Å². The predicted molar refractivity (Wildman–Crippen MR) is 104 cm³/mol. The highest BCUT2D eigenvalue weighted by atomic mass is 16.7. The molecule has 0 fully saturated rings. The molecule has 0 radical (unpaired) electrons. The third-order valence-corrected chi connectivity index (χ3v) is 4.62. The van der Waals surface area contributed by atoms with Crippen LogP contribution in [-0.2, 0) is 20.6 Å². The van der Waals surface area contributed by atoms with Crippen LogP contribution in [0.3, 0.4) is 0 Å². The van der Waals surface area contributed by atoms with E-state index in [1.807, 2.05) is 32.9 Å². The Morgan fingerprint density at radius 3 is 2.65 bits per heavy atom. The van der Waals surface area contributed by atoms with Crippen molar-refractivity contribution in [1.29, 1.82) is 0 Å². The van der Waals surface area contributed by atoms with Crippen LogP contribution in [-0.4, -0.2) is 45.3 Å². The Kier molecular flexibility index (Phi) is 7.53. The number of methoxy groups -OCH3 is 1. The van der Waals surface area contributed by atoms with E-state index in [0.29, 0.717) is 25.4 Å². The third kappa shape index (κ3) is 4.59. The van der Waals surface area contributed by atoms with Gasteiger partial charge in [0.15, 0.2) is 6.29 Å². The molecule has 1 aromatic rings. The van der Waals surface area contributed by atoms with Crippen LogP contribution >= 0.6 is 0 Å². The van der Waals surface area contributed by atoms with Crippen molar-refractivity contribution in [3.05, 3.63) is 17.7 Å². The van der Waals surface area contributed by atoms with Gasteiger partial charge >= 0.3 is 6.09 Å². The molecule has 7 nitrogen and oxygen atoms in total. The monoisotopic (exact) mass is 365 g/mol. The second-order valence-electron chi connectivity index (χ2n) is 6.31. The average molecular weight is 365 g/mol. The van der Waals surface area contributed by atoms with Gasteiger partial charge < -0.3 is 25.3 Å². The maximum Gasteiger partial charge on any atom is 0.414 e. The first-order valence-corrected chi connectivity index (χ1v) is 9.29. The molecule has 0 aliphatic carbocycles. The molecule has 0 aromatic heterocycles. The highest BCUT2D eigenvalue weighted by molar-refractivity contribution is 5.93. The van der Waals surface area contributed by atoms with Crippen molar-refractivity contribution in [3.63, 3.8) is 0 Å². The SMILES string of the molecule is CCOC(CCNc1ccc2c(c1N)CC[C@H](C)N2C(=O)OC)OCC. The number of nitrogen functional groups attached to an aromatic ring is 1. The van der Waals surface area contributed by atoms with Crippen LogP contribution in [0.1, 0.15) is 39.2 Å². The van der Waals surface area contributed by atoms with Gasteiger partial charge in [-0.05, 0) is 45.7 Å². The lowest BCUT2D eigenvalue weighted by Gasteiger charge is -2.35. The number of benzene rings is 1. The molecule has 146 valence electrons. The summed E-state index contributed by atoms with van der Waals surface area (Å²) in [5.74, 6) is 0. The molecule has 1 atom stereocenters. The summed E-state index contributed by atoms with van der Waals surface area (Å²) in [5.41, 5.74) is 9.77. The Hall–Kier alpha value is -1.99. The number of nitrogens with zero attached hydrogens (tertiary/aromatic N) is 1. The molecular formula is C19H31N3O4. The van der Waals surface area contributed by atoms with Gasteiger partial charge in [0.25, 0.3) is 0 Å². The first-order chi connectivity index (χ1) is 12.5. The first kappa shape index (κ1) is 20.3. The standard InChI is InChI=1S/C19H31N3O4/c1-5-25-17(26-6-2)11-12-21-15-9-10-16-14(18(15)20)8-7-13(3)22(16)19(23)24-4/h9-10,13,17,21H,5-8,11-12,20H2,1-4H3/t13-/m0/s1. The summed E-state index contributed by atoms with van der Waals surface area (Å²) < 4.78 is 16.0. The fourth-order valence-corrected chi connectivity index (χ4v) is 3.30. The summed E-state index contributed by atoms with van der Waals surface area (Å²) in [6.45, 7) is 7.85. The molecule has 3 N–H and O–H groups in total. The summed E-state index contributed by atoms with van der Waals surface area (Å²) in [7, 11) is 1.40. The number of rotatable bonds is 8. The number of fused-ring (bicyclic) bond motifs is 1. The topological polar surface area (TPSA) is 86.1 Å². The number of nitrogens with one attached hydrogen (secondary N) is 1. The molecule has 0 saturated carbocycles. The zero-order valence-electron chi connectivity index (χ0n) is 16.2. The fourth-order valence-electron chi connectivity index (χ4n) is 3.30. The quantitative estimate of drug-likeness (QED) is 0.543. The summed E-state index contributed by atoms with van der Waals surface area (Å²) in [6.07, 6.45) is 1.85. The van der Waals surface area contributed by atoms with Gasteiger partial charge in [-0.2, -0.15) is 0 Å². The average Bonchev–Trinajstić information content (AvgIpc) is 2.63. The number of hydrogen-bond acceptors (Lipinski definition) is 6. The molecular weight excluding hydrogens is 334 g/mol. The van der Waals surface area contributed by atoms with E-state index < -0.39 is 0 Å². The van der Waals surface area contributed by atoms with E-state index in [0.717, 1.165) is 36.2 Å². The number of ether oxygens (including phenoxy) is 3. The Balaban J connectivity index is 2.10. The normalized spacial score (nSPS) is 16.5. The van der Waals surface area contributed by atoms with Crippen LogP contribution in [0, 0.1) is 0 Å². The smallest absolute Gasteiger partial charge is 0.414 e. The largest absolute Gasteiger partial charge is 0.452 e. The number of hydrogen-bond donors (Lipinski definition) is 2. The van der Waals surface area contributed by atoms with Crippen molar-refractivity contribution in [2.75, 3.05) is 42.8 Å². The molecule has 7 heteroatoms. The zero-order chi connectivity index (χ0) is 19.1. The van der Waals surface area contributed by atoms with Crippen molar-refractivity contribution in [1.82, 2.24) is 0 Å². The Morgan fingerprint density at radius 2 is 2.04 bits per heavy atom. The van der Waals surface area contributed by atoms with Crippen molar-refractivity contribution in [2.24, 2.45) is 0 Å². The summed E-state index contributed by atoms with van der Waals surface area (Å²) >= 11 is 0. The Morgan fingerprint density at radius 1 is 1.35 bits per heavy atom. The molecule has 0 bridgehead atoms. The molecule has 1 aliphatic heterocycles. The minimum absolute atomic E-state index is 0.0892. The van der Waals surface area contributed by atoms with Crippen LogP contribution in [0.15, 0.2) is 12.1 Å². The van der Waals surface area contributed by atoms with Gasteiger partial charge in [0.05, 0.1) is 24.2 Å². The zero-order valence-corrected chi connectivity index (χ0v) is 16.2. The maximum atomic E-state index is 12.1. The van der Waals surface area contributed by atoms with E-state index in [-0.39, 0.29) is 18.4 Å². The van der Waals surface area contributed by atoms with Gasteiger partial charge in [0, 0.05) is 37.8 Å². The molecule has 1 aromatic carbocycles. The summed E-state index contributed by atoms with van der Waals surface area (Å²) in [4.78, 5) is 13.8. The van der Waals surface area contributed by atoms with E-state index in [2.05, 4.69) is 5.32 Å². The molecule has 1 aliphatic rings. The number of carbonyl (C=O) groups is 1. The van der Waals surface area contributed by atoms with Crippen molar-refractivity contribution in [3.8, 4) is 0 Å². The predicted octanol–water partition coefficient (Wildman–Crippen LogP) is 3.38. The van der Waals surface area contributed by atoms with Crippen LogP contribution in [0.2, 0.25) is 0 Å². The van der Waals surface area contributed by atoms with Crippen LogP contribution in [0.5, 0.6) is 0 Å². The molecule has 0 saturated heterocycles. The van der Waals surface area contributed by atoms with E-state index in [9.17, 15) is 4.79 Å². The highest BCUT2D eigenvalue weighted by Crippen LogP contribution is 2.38. The minimum Gasteiger partial charge on any atom is -0.452 e. The van der Waals surface area contributed by atoms with Crippen molar-refractivity contribution >= 4 is 23.2 Å². The number of anilines is 3. The van der Waals surface area contributed by atoms with E-state index in [1.54, 1.807) is 4.90 Å². The van der Waals surface area contributed by atoms with Crippen LogP contribution < -0.4 is 16.0 Å². The van der Waals surface area contributed by atoms with E-state index in [4.69, 9.17) is 19.9 Å². The minimum atomic E-state index is -0.352. The Bertz CT molecular complexity index is 603. The lowest BCUT2D eigenvalue weighted by molar-refractivity contribution is -0.137. The van der Waals surface area contributed by atoms with Gasteiger partial charge in [-0.25, -0.2) is 4.79 Å². The second kappa shape index (κ2) is 9.64. The van der Waals surface area contributed by atoms with Crippen molar-refractivity contribution in [2.45, 2.75) is 52.4 Å². The fraction of sp³-hybridized carbons (Fsp3) is 0.632. The summed E-state index contributed by atoms with van der Waals surface area (Å²) in [6, 6.07) is 3.94. The lowest BCUT2D eigenvalue weighted by Crippen LogP contribution is -2.42. The van der Waals surface area contributed by atoms with Crippen LogP contribution in [0.25, 0.3) is 0 Å². The molecule has 0 spiro atoms. The molecule has 1 amide bonds. The van der Waals surface area contributed by atoms with Gasteiger partial charge in [-0.3, -0.25) is 4.90 Å². The van der Waals surface area contributed by atoms with Gasteiger partial charge in [0.2, 0.25) is 0 Å². The van der Waals surface area contributed by atoms with Crippen molar-refractivity contribution < 1.29 is 19.0 Å². The van der Waals surface area contributed by atoms with E-state index >= 15 is 0 Å². The maximum absolute atomic E-state index is 12.1. The van der Waals surface area contributed by atoms with Gasteiger partial charge in [-0.1, -0.05) is 0 Å². The lowest BCUT2D eigenvalue weighted by atomic mass is 9.95. The number of amides is 1. The number of nitrogens with two attached hydrogens (primary N) is 1. The van der Waals surface area contributed by atoms with Crippen LogP contribution in [0.4, 0.5) is 21.9 Å². The van der Waals surface area contributed by atoms with Gasteiger partial charge in [0.1, 0.15) is 0 Å². The Labute approximate surface area is 155 Å². The molecule has 0 unspecified atom stereocenters. The molecule has 2 rings (SSSR count). The molecule has 1 heterocycles. The van der Waals surface area contributed by atoms with E-state index in [1.165, 1.54) is 7.11 Å². The number of carbonyl (C=O) groups excluding carboxylic acids is 1. The molecule has 26 heavy (non-hydrogen) atoms. The highest BCUT2D eigenvalue weighted by Gasteiger charge is 2.30. The first-order valence-electron chi connectivity index (χ1n) is 9.29. The third-order valence-electron chi connectivity index (χ3n) is 4.62. The second-order valence-corrected chi connectivity index (χ2v) is 6.31. The summed E-state index contributed by atoms with van der Waals surface area (Å²) in [5, 5.41) is 3.36.